The van der Waals surface area contributed by atoms with Crippen molar-refractivity contribution in [2.24, 2.45) is 0 Å². The number of nitrogens with zero attached hydrogens (tertiary/aromatic N) is 4. The average Bonchev–Trinajstić information content (AvgIpc) is 3.40. The van der Waals surface area contributed by atoms with E-state index in [1.54, 1.807) is 4.90 Å². The third-order valence-corrected chi connectivity index (χ3v) is 7.65. The summed E-state index contributed by atoms with van der Waals surface area (Å²) in [6, 6.07) is 5.99. The maximum absolute atomic E-state index is 13.7. The highest BCUT2D eigenvalue weighted by Crippen LogP contribution is 2.42. The van der Waals surface area contributed by atoms with E-state index in [1.165, 1.54) is 0 Å². The van der Waals surface area contributed by atoms with E-state index in [4.69, 9.17) is 11.6 Å². The summed E-state index contributed by atoms with van der Waals surface area (Å²) in [5.41, 5.74) is 1.08. The number of piperazine rings is 1. The summed E-state index contributed by atoms with van der Waals surface area (Å²) >= 11 is 6.66. The fourth-order valence-electron chi connectivity index (χ4n) is 5.24. The molecule has 1 aromatic carbocycles. The first-order chi connectivity index (χ1) is 16.6. The summed E-state index contributed by atoms with van der Waals surface area (Å²) in [7, 11) is 0. The van der Waals surface area contributed by atoms with Gasteiger partial charge in [0.2, 0.25) is 11.8 Å². The van der Waals surface area contributed by atoms with Crippen LogP contribution in [0.1, 0.15) is 53.7 Å². The van der Waals surface area contributed by atoms with Crippen molar-refractivity contribution in [3.8, 4) is 0 Å². The predicted octanol–water partition coefficient (Wildman–Crippen LogP) is 3.52. The van der Waals surface area contributed by atoms with Crippen LogP contribution in [0.4, 0.5) is 13.2 Å². The molecule has 188 valence electrons. The van der Waals surface area contributed by atoms with Gasteiger partial charge in [-0.2, -0.15) is 18.3 Å². The van der Waals surface area contributed by atoms with E-state index < -0.39 is 30.4 Å². The number of amides is 2. The van der Waals surface area contributed by atoms with Gasteiger partial charge in [-0.15, -0.1) is 0 Å². The molecule has 11 heteroatoms. The molecule has 3 fully saturated rings. The van der Waals surface area contributed by atoms with Gasteiger partial charge in [-0.3, -0.25) is 19.2 Å². The Balaban J connectivity index is 1.46. The highest BCUT2D eigenvalue weighted by Gasteiger charge is 2.44. The van der Waals surface area contributed by atoms with E-state index in [2.05, 4.69) is 10.4 Å². The lowest BCUT2D eigenvalue weighted by atomic mass is 9.96. The van der Waals surface area contributed by atoms with E-state index in [9.17, 15) is 22.8 Å². The van der Waals surface area contributed by atoms with Crippen LogP contribution in [0, 0.1) is 6.92 Å². The molecule has 2 atom stereocenters. The largest absolute Gasteiger partial charge is 0.433 e. The Kier molecular flexibility index (Phi) is 6.29. The zero-order valence-electron chi connectivity index (χ0n) is 19.3. The Hall–Kier alpha value is -2.59. The first-order valence-corrected chi connectivity index (χ1v) is 12.2. The topological polar surface area (TPSA) is 70.5 Å². The van der Waals surface area contributed by atoms with Crippen LogP contribution >= 0.6 is 11.6 Å². The number of benzene rings is 1. The third-order valence-electron chi connectivity index (χ3n) is 7.13. The Labute approximate surface area is 206 Å². The number of carbonyl (C=O) groups is 2. The van der Waals surface area contributed by atoms with Crippen molar-refractivity contribution in [3.63, 3.8) is 0 Å². The molecule has 2 saturated heterocycles. The highest BCUT2D eigenvalue weighted by molar-refractivity contribution is 6.32. The smallest absolute Gasteiger partial charge is 0.354 e. The van der Waals surface area contributed by atoms with E-state index in [1.807, 2.05) is 30.0 Å². The van der Waals surface area contributed by atoms with Crippen molar-refractivity contribution in [2.75, 3.05) is 26.2 Å². The van der Waals surface area contributed by atoms with Gasteiger partial charge in [0.15, 0.2) is 0 Å². The number of aromatic nitrogens is 2. The Morgan fingerprint density at radius 2 is 2.00 bits per heavy atom. The minimum absolute atomic E-state index is 0.0349. The average molecular weight is 510 g/mol. The Morgan fingerprint density at radius 1 is 1.23 bits per heavy atom. The number of aryl methyl sites for hydroxylation is 1. The van der Waals surface area contributed by atoms with Crippen LogP contribution in [-0.4, -0.2) is 63.6 Å². The minimum atomic E-state index is -4.60. The molecule has 1 saturated carbocycles. The lowest BCUT2D eigenvalue weighted by molar-refractivity contribution is -0.146. The van der Waals surface area contributed by atoms with Gasteiger partial charge in [0, 0.05) is 36.6 Å². The van der Waals surface area contributed by atoms with Crippen molar-refractivity contribution < 1.29 is 22.8 Å². The predicted molar refractivity (Wildman–Crippen MR) is 123 cm³/mol. The van der Waals surface area contributed by atoms with Gasteiger partial charge >= 0.3 is 6.18 Å². The molecule has 3 aliphatic rings. The molecule has 35 heavy (non-hydrogen) atoms. The quantitative estimate of drug-likeness (QED) is 0.669. The van der Waals surface area contributed by atoms with Gasteiger partial charge in [0.1, 0.15) is 12.2 Å². The second-order valence-corrected chi connectivity index (χ2v) is 9.95. The van der Waals surface area contributed by atoms with Crippen LogP contribution in [0.5, 0.6) is 0 Å². The molecule has 2 aliphatic heterocycles. The summed E-state index contributed by atoms with van der Waals surface area (Å²) in [6.07, 6.45) is -2.39. The van der Waals surface area contributed by atoms with Gasteiger partial charge in [-0.1, -0.05) is 29.8 Å². The summed E-state index contributed by atoms with van der Waals surface area (Å²) in [6.45, 7) is 3.05. The Bertz CT molecular complexity index is 1150. The van der Waals surface area contributed by atoms with Crippen molar-refractivity contribution >= 4 is 23.4 Å². The fraction of sp³-hybridized carbons (Fsp3) is 0.542. The highest BCUT2D eigenvalue weighted by atomic mass is 35.5. The SMILES string of the molecule is Cc1cccc([C@@H]2[C@H](N3CCNC(=O)C3)CCN2C(=O)Cn2nc(C3CC3)cc2C(F)(F)F)c1Cl. The molecule has 2 amide bonds. The molecule has 7 nitrogen and oxygen atoms in total. The van der Waals surface area contributed by atoms with Crippen LogP contribution in [0.2, 0.25) is 5.02 Å². The molecule has 0 bridgehead atoms. The summed E-state index contributed by atoms with van der Waals surface area (Å²) in [5.74, 6) is -0.505. The summed E-state index contributed by atoms with van der Waals surface area (Å²) in [4.78, 5) is 29.2. The van der Waals surface area contributed by atoms with Crippen molar-refractivity contribution in [1.29, 1.82) is 0 Å². The van der Waals surface area contributed by atoms with Gasteiger partial charge in [-0.05, 0) is 43.4 Å². The van der Waals surface area contributed by atoms with Crippen LogP contribution in [0.3, 0.4) is 0 Å². The summed E-state index contributed by atoms with van der Waals surface area (Å²) < 4.78 is 41.9. The van der Waals surface area contributed by atoms with Crippen LogP contribution < -0.4 is 5.32 Å². The van der Waals surface area contributed by atoms with Crippen LogP contribution in [-0.2, 0) is 22.3 Å². The number of hydrogen-bond acceptors (Lipinski definition) is 4. The number of nitrogens with one attached hydrogen (secondary N) is 1. The molecular formula is C24H27ClF3N5O2. The Morgan fingerprint density at radius 3 is 2.69 bits per heavy atom. The number of carbonyl (C=O) groups excluding carboxylic acids is 2. The zero-order chi connectivity index (χ0) is 24.9. The van der Waals surface area contributed by atoms with Crippen molar-refractivity contribution in [3.05, 3.63) is 51.8 Å². The molecule has 1 aliphatic carbocycles. The second kappa shape index (κ2) is 9.13. The first kappa shape index (κ1) is 24.1. The van der Waals surface area contributed by atoms with E-state index >= 15 is 0 Å². The van der Waals surface area contributed by atoms with Crippen LogP contribution in [0.25, 0.3) is 0 Å². The lowest BCUT2D eigenvalue weighted by Crippen LogP contribution is -2.53. The number of rotatable bonds is 5. The van der Waals surface area contributed by atoms with E-state index in [-0.39, 0.29) is 24.4 Å². The molecule has 1 aromatic heterocycles. The minimum Gasteiger partial charge on any atom is -0.354 e. The maximum Gasteiger partial charge on any atom is 0.433 e. The van der Waals surface area contributed by atoms with Gasteiger partial charge in [0.05, 0.1) is 18.3 Å². The van der Waals surface area contributed by atoms with Crippen molar-refractivity contribution in [1.82, 2.24) is 24.9 Å². The number of likely N-dealkylation sites (tertiary alicyclic amines) is 1. The van der Waals surface area contributed by atoms with Crippen LogP contribution in [0.15, 0.2) is 24.3 Å². The van der Waals surface area contributed by atoms with E-state index in [0.717, 1.165) is 34.7 Å². The number of hydrogen-bond donors (Lipinski definition) is 1. The molecule has 0 radical (unpaired) electrons. The van der Waals surface area contributed by atoms with Gasteiger partial charge < -0.3 is 10.2 Å². The summed E-state index contributed by atoms with van der Waals surface area (Å²) in [5, 5.41) is 7.49. The lowest BCUT2D eigenvalue weighted by Gasteiger charge is -2.37. The third kappa shape index (κ3) is 4.78. The fourth-order valence-corrected chi connectivity index (χ4v) is 5.47. The first-order valence-electron chi connectivity index (χ1n) is 11.8. The number of halogens is 4. The molecule has 5 rings (SSSR count). The molecule has 0 unspecified atom stereocenters. The molecule has 1 N–H and O–H groups in total. The van der Waals surface area contributed by atoms with Crippen molar-refractivity contribution in [2.45, 2.75) is 56.9 Å². The monoisotopic (exact) mass is 509 g/mol. The number of alkyl halides is 3. The second-order valence-electron chi connectivity index (χ2n) is 9.57. The standard InChI is InChI=1S/C24H27ClF3N5O2/c1-14-3-2-4-16(22(14)25)23-18(31-10-8-29-20(34)12-31)7-9-32(23)21(35)13-33-19(24(26,27)28)11-17(30-33)15-5-6-15/h2-4,11,15,18,23H,5-10,12-13H2,1H3,(H,29,34)/t18-,23-/m1/s1. The normalized spacial score (nSPS) is 23.6. The molecule has 3 heterocycles. The van der Waals surface area contributed by atoms with Gasteiger partial charge in [-0.25, -0.2) is 0 Å². The zero-order valence-corrected chi connectivity index (χ0v) is 20.1. The maximum atomic E-state index is 13.7. The molecular weight excluding hydrogens is 483 g/mol. The van der Waals surface area contributed by atoms with Gasteiger partial charge in [0.25, 0.3) is 0 Å². The molecule has 2 aromatic rings. The van der Waals surface area contributed by atoms with E-state index in [0.29, 0.717) is 36.8 Å². The molecule has 0 spiro atoms.